The molecule has 0 radical (unpaired) electrons. The lowest BCUT2D eigenvalue weighted by molar-refractivity contribution is 0.101. The van der Waals surface area contributed by atoms with E-state index in [2.05, 4.69) is 39.0 Å². The summed E-state index contributed by atoms with van der Waals surface area (Å²) in [5, 5.41) is 2.99. The zero-order valence-corrected chi connectivity index (χ0v) is 23.8. The summed E-state index contributed by atoms with van der Waals surface area (Å²) in [6.07, 6.45) is 2.13. The maximum absolute atomic E-state index is 12.9. The van der Waals surface area contributed by atoms with Gasteiger partial charge in [-0.3, -0.25) is 9.69 Å². The van der Waals surface area contributed by atoms with Crippen molar-refractivity contribution in [3.8, 4) is 28.1 Å². The number of fused-ring (bicyclic) bond motifs is 1. The number of ether oxygens (including phenoxy) is 1. The highest BCUT2D eigenvalue weighted by atomic mass is 16.5. The van der Waals surface area contributed by atoms with Gasteiger partial charge in [-0.25, -0.2) is 9.78 Å². The number of nitrogens with one attached hydrogen (secondary N) is 1. The first-order valence-corrected chi connectivity index (χ1v) is 14.1. The van der Waals surface area contributed by atoms with Crippen molar-refractivity contribution in [1.82, 2.24) is 19.2 Å². The average molecular weight is 560 g/mol. The molecule has 0 aliphatic carbocycles. The third-order valence-corrected chi connectivity index (χ3v) is 7.76. The van der Waals surface area contributed by atoms with E-state index in [1.54, 1.807) is 14.0 Å². The topological polar surface area (TPSA) is 79.2 Å². The van der Waals surface area contributed by atoms with Crippen LogP contribution in [0.3, 0.4) is 0 Å². The van der Waals surface area contributed by atoms with Gasteiger partial charge >= 0.3 is 6.03 Å². The van der Waals surface area contributed by atoms with Crippen LogP contribution in [0.15, 0.2) is 97.2 Å². The Hall–Kier alpha value is -4.95. The number of imidazole rings is 1. The fraction of sp³-hybridized carbons (Fsp3) is 0.206. The summed E-state index contributed by atoms with van der Waals surface area (Å²) in [5.41, 5.74) is 7.55. The number of piperazine rings is 1. The first kappa shape index (κ1) is 27.2. The fourth-order valence-electron chi connectivity index (χ4n) is 5.34. The van der Waals surface area contributed by atoms with Gasteiger partial charge in [0.05, 0.1) is 18.5 Å². The van der Waals surface area contributed by atoms with Gasteiger partial charge in [0.1, 0.15) is 11.4 Å². The number of amides is 2. The van der Waals surface area contributed by atoms with E-state index in [-0.39, 0.29) is 11.8 Å². The highest BCUT2D eigenvalue weighted by Gasteiger charge is 2.24. The van der Waals surface area contributed by atoms with Crippen LogP contribution in [0.1, 0.15) is 23.0 Å². The number of aromatic nitrogens is 2. The number of nitrogens with zero attached hydrogens (tertiary/aromatic N) is 4. The number of hydrogen-bond donors (Lipinski definition) is 1. The second kappa shape index (κ2) is 11.9. The smallest absolute Gasteiger partial charge is 0.321 e. The molecule has 42 heavy (non-hydrogen) atoms. The van der Waals surface area contributed by atoms with Gasteiger partial charge in [-0.05, 0) is 54.4 Å². The molecule has 0 spiro atoms. The van der Waals surface area contributed by atoms with Gasteiger partial charge < -0.3 is 19.4 Å². The Labute approximate surface area is 245 Å². The highest BCUT2D eigenvalue weighted by molar-refractivity contribution is 5.94. The Kier molecular flexibility index (Phi) is 7.70. The maximum atomic E-state index is 12.9. The van der Waals surface area contributed by atoms with Crippen molar-refractivity contribution in [2.45, 2.75) is 13.5 Å². The standard InChI is InChI=1S/C34H33N5O3/c1-24(40)25-8-10-26(11-9-25)28-12-17-32-36-33(27-6-4-3-5-7-27)31(39(32)22-28)23-37-18-20-38(21-19-37)34(41)35-29-13-15-30(42-2)16-14-29/h3-17,22H,18-21,23H2,1-2H3,(H,35,41). The highest BCUT2D eigenvalue weighted by Crippen LogP contribution is 2.29. The molecule has 0 atom stereocenters. The predicted octanol–water partition coefficient (Wildman–Crippen LogP) is 6.23. The van der Waals surface area contributed by atoms with Crippen LogP contribution >= 0.6 is 0 Å². The lowest BCUT2D eigenvalue weighted by Gasteiger charge is -2.34. The van der Waals surface area contributed by atoms with Gasteiger partial charge in [-0.1, -0.05) is 54.6 Å². The molecule has 1 N–H and O–H groups in total. The fourth-order valence-corrected chi connectivity index (χ4v) is 5.34. The molecule has 0 bridgehead atoms. The molecule has 8 nitrogen and oxygen atoms in total. The normalized spacial score (nSPS) is 13.7. The number of rotatable bonds is 7. The van der Waals surface area contributed by atoms with Crippen molar-refractivity contribution < 1.29 is 14.3 Å². The van der Waals surface area contributed by atoms with Crippen LogP contribution in [0, 0.1) is 0 Å². The lowest BCUT2D eigenvalue weighted by Crippen LogP contribution is -2.49. The van der Waals surface area contributed by atoms with Crippen molar-refractivity contribution in [3.05, 3.63) is 108 Å². The van der Waals surface area contributed by atoms with Crippen LogP contribution in [0.5, 0.6) is 5.75 Å². The number of carbonyl (C=O) groups is 2. The summed E-state index contributed by atoms with van der Waals surface area (Å²) in [6.45, 7) is 5.05. The van der Waals surface area contributed by atoms with Crippen molar-refractivity contribution in [3.63, 3.8) is 0 Å². The zero-order chi connectivity index (χ0) is 29.1. The van der Waals surface area contributed by atoms with Crippen molar-refractivity contribution in [2.24, 2.45) is 0 Å². The minimum absolute atomic E-state index is 0.0553. The molecule has 0 saturated carbocycles. The van der Waals surface area contributed by atoms with Gasteiger partial charge in [0.2, 0.25) is 0 Å². The number of benzene rings is 3. The molecule has 3 heterocycles. The van der Waals surface area contributed by atoms with E-state index in [0.29, 0.717) is 25.2 Å². The molecular weight excluding hydrogens is 526 g/mol. The average Bonchev–Trinajstić information content (AvgIpc) is 3.39. The molecule has 2 amide bonds. The second-order valence-electron chi connectivity index (χ2n) is 10.5. The summed E-state index contributed by atoms with van der Waals surface area (Å²) in [7, 11) is 1.62. The van der Waals surface area contributed by atoms with Crippen LogP contribution in [-0.4, -0.2) is 64.3 Å². The van der Waals surface area contributed by atoms with Crippen LogP contribution in [0.25, 0.3) is 28.0 Å². The zero-order valence-electron chi connectivity index (χ0n) is 23.8. The van der Waals surface area contributed by atoms with E-state index in [4.69, 9.17) is 9.72 Å². The molecule has 5 aromatic rings. The van der Waals surface area contributed by atoms with E-state index in [1.165, 1.54) is 0 Å². The Morgan fingerprint density at radius 2 is 1.50 bits per heavy atom. The molecule has 8 heteroatoms. The van der Waals surface area contributed by atoms with Crippen molar-refractivity contribution >= 4 is 23.1 Å². The Morgan fingerprint density at radius 3 is 2.17 bits per heavy atom. The minimum atomic E-state index is -0.0972. The lowest BCUT2D eigenvalue weighted by atomic mass is 10.0. The van der Waals surface area contributed by atoms with E-state index < -0.39 is 0 Å². The summed E-state index contributed by atoms with van der Waals surface area (Å²) in [5.74, 6) is 0.807. The van der Waals surface area contributed by atoms with Gasteiger partial charge in [-0.15, -0.1) is 0 Å². The number of urea groups is 1. The first-order chi connectivity index (χ1) is 20.5. The summed E-state index contributed by atoms with van der Waals surface area (Å²) >= 11 is 0. The van der Waals surface area contributed by atoms with Crippen LogP contribution in [0.2, 0.25) is 0 Å². The molecule has 2 aromatic heterocycles. The molecule has 6 rings (SSSR count). The minimum Gasteiger partial charge on any atom is -0.497 e. The monoisotopic (exact) mass is 559 g/mol. The molecule has 212 valence electrons. The second-order valence-corrected chi connectivity index (χ2v) is 10.5. The number of ketones is 1. The van der Waals surface area contributed by atoms with Crippen molar-refractivity contribution in [1.29, 1.82) is 0 Å². The van der Waals surface area contributed by atoms with E-state index in [0.717, 1.165) is 58.3 Å². The summed E-state index contributed by atoms with van der Waals surface area (Å²) in [6, 6.07) is 29.4. The van der Waals surface area contributed by atoms with Crippen LogP contribution < -0.4 is 10.1 Å². The van der Waals surface area contributed by atoms with E-state index in [1.807, 2.05) is 77.7 Å². The number of pyridine rings is 1. The van der Waals surface area contributed by atoms with E-state index in [9.17, 15) is 9.59 Å². The molecule has 1 aliphatic heterocycles. The van der Waals surface area contributed by atoms with Gasteiger partial charge in [-0.2, -0.15) is 0 Å². The first-order valence-electron chi connectivity index (χ1n) is 14.1. The number of methoxy groups -OCH3 is 1. The third kappa shape index (κ3) is 5.75. The van der Waals surface area contributed by atoms with Gasteiger partial charge in [0, 0.05) is 55.7 Å². The number of hydrogen-bond acceptors (Lipinski definition) is 5. The number of Topliss-reactive ketones (excluding diaryl/α,β-unsaturated/α-hetero) is 1. The molecular formula is C34H33N5O3. The van der Waals surface area contributed by atoms with Crippen molar-refractivity contribution in [2.75, 3.05) is 38.6 Å². The third-order valence-electron chi connectivity index (χ3n) is 7.76. The Balaban J connectivity index is 1.22. The van der Waals surface area contributed by atoms with Gasteiger partial charge in [0.25, 0.3) is 0 Å². The Bertz CT molecular complexity index is 1700. The largest absolute Gasteiger partial charge is 0.497 e. The van der Waals surface area contributed by atoms with Gasteiger partial charge in [0.15, 0.2) is 5.78 Å². The van der Waals surface area contributed by atoms with Crippen LogP contribution in [0.4, 0.5) is 10.5 Å². The van der Waals surface area contributed by atoms with Crippen LogP contribution in [-0.2, 0) is 6.54 Å². The molecule has 1 aliphatic rings. The molecule has 0 unspecified atom stereocenters. The molecule has 1 saturated heterocycles. The predicted molar refractivity (Wildman–Crippen MR) is 165 cm³/mol. The summed E-state index contributed by atoms with van der Waals surface area (Å²) < 4.78 is 7.38. The quantitative estimate of drug-likeness (QED) is 0.239. The SMILES string of the molecule is COc1ccc(NC(=O)N2CCN(Cc3c(-c4ccccc4)nc4ccc(-c5ccc(C(C)=O)cc5)cn34)CC2)cc1. The number of carbonyl (C=O) groups excluding carboxylic acids is 2. The maximum Gasteiger partial charge on any atom is 0.321 e. The summed E-state index contributed by atoms with van der Waals surface area (Å²) in [4.78, 5) is 33.9. The molecule has 1 fully saturated rings. The number of anilines is 1. The van der Waals surface area contributed by atoms with E-state index >= 15 is 0 Å². The Morgan fingerprint density at radius 1 is 0.810 bits per heavy atom. The molecule has 3 aromatic carbocycles.